The predicted octanol–water partition coefficient (Wildman–Crippen LogP) is 2.32. The largest absolute Gasteiger partial charge is 0.368 e. The van der Waals surface area contributed by atoms with Gasteiger partial charge in [0.05, 0.1) is 6.04 Å². The van der Waals surface area contributed by atoms with Gasteiger partial charge in [-0.25, -0.2) is 0 Å². The number of primary amides is 1. The molecular formula is C15H18N2OS. The SMILES string of the molecule is NC(=O)C(CCc1ccccc1)NCc1cccs1. The van der Waals surface area contributed by atoms with Crippen LogP contribution in [0.2, 0.25) is 0 Å². The highest BCUT2D eigenvalue weighted by molar-refractivity contribution is 7.09. The summed E-state index contributed by atoms with van der Waals surface area (Å²) in [7, 11) is 0. The summed E-state index contributed by atoms with van der Waals surface area (Å²) in [6.07, 6.45) is 1.58. The third-order valence-corrected chi connectivity index (χ3v) is 3.89. The van der Waals surface area contributed by atoms with Gasteiger partial charge in [-0.1, -0.05) is 36.4 Å². The summed E-state index contributed by atoms with van der Waals surface area (Å²) in [6.45, 7) is 0.695. The minimum absolute atomic E-state index is 0.276. The Balaban J connectivity index is 1.84. The summed E-state index contributed by atoms with van der Waals surface area (Å²) in [5.41, 5.74) is 6.67. The Kier molecular flexibility index (Phi) is 5.12. The molecule has 0 aliphatic carbocycles. The van der Waals surface area contributed by atoms with Gasteiger partial charge in [-0.2, -0.15) is 0 Å². The summed E-state index contributed by atoms with van der Waals surface area (Å²) in [5, 5.41) is 5.26. The molecule has 1 atom stereocenters. The monoisotopic (exact) mass is 274 g/mol. The third kappa shape index (κ3) is 4.50. The molecule has 0 aliphatic rings. The van der Waals surface area contributed by atoms with Crippen LogP contribution in [0, 0.1) is 0 Å². The zero-order chi connectivity index (χ0) is 13.5. The molecule has 1 heterocycles. The molecule has 3 N–H and O–H groups in total. The van der Waals surface area contributed by atoms with Crippen LogP contribution >= 0.6 is 11.3 Å². The van der Waals surface area contributed by atoms with E-state index < -0.39 is 0 Å². The number of aryl methyl sites for hydroxylation is 1. The van der Waals surface area contributed by atoms with Crippen LogP contribution in [-0.2, 0) is 17.8 Å². The van der Waals surface area contributed by atoms with E-state index in [2.05, 4.69) is 17.4 Å². The summed E-state index contributed by atoms with van der Waals surface area (Å²) in [4.78, 5) is 12.7. The maximum absolute atomic E-state index is 11.4. The number of rotatable bonds is 7. The second-order valence-corrected chi connectivity index (χ2v) is 5.47. The Morgan fingerprint density at radius 3 is 2.63 bits per heavy atom. The van der Waals surface area contributed by atoms with Crippen molar-refractivity contribution in [1.29, 1.82) is 0 Å². The lowest BCUT2D eigenvalue weighted by Gasteiger charge is -2.14. The van der Waals surface area contributed by atoms with Crippen molar-refractivity contribution in [1.82, 2.24) is 5.32 Å². The van der Waals surface area contributed by atoms with Crippen molar-refractivity contribution < 1.29 is 4.79 Å². The molecule has 3 nitrogen and oxygen atoms in total. The molecule has 1 aromatic heterocycles. The fourth-order valence-electron chi connectivity index (χ4n) is 1.94. The molecule has 1 aromatic carbocycles. The topological polar surface area (TPSA) is 55.1 Å². The molecule has 1 unspecified atom stereocenters. The molecule has 4 heteroatoms. The maximum Gasteiger partial charge on any atom is 0.234 e. The zero-order valence-corrected chi connectivity index (χ0v) is 11.5. The van der Waals surface area contributed by atoms with E-state index in [0.717, 1.165) is 12.8 Å². The third-order valence-electron chi connectivity index (χ3n) is 3.01. The molecule has 2 rings (SSSR count). The van der Waals surface area contributed by atoms with Crippen LogP contribution in [0.3, 0.4) is 0 Å². The minimum atomic E-state index is -0.285. The predicted molar refractivity (Wildman–Crippen MR) is 78.9 cm³/mol. The van der Waals surface area contributed by atoms with Crippen LogP contribution in [0.5, 0.6) is 0 Å². The maximum atomic E-state index is 11.4. The number of benzene rings is 1. The summed E-state index contributed by atoms with van der Waals surface area (Å²) < 4.78 is 0. The van der Waals surface area contributed by atoms with Crippen LogP contribution in [0.15, 0.2) is 47.8 Å². The Morgan fingerprint density at radius 1 is 1.21 bits per heavy atom. The highest BCUT2D eigenvalue weighted by Crippen LogP contribution is 2.09. The second-order valence-electron chi connectivity index (χ2n) is 4.44. The van der Waals surface area contributed by atoms with E-state index in [0.29, 0.717) is 6.54 Å². The molecule has 1 amide bonds. The van der Waals surface area contributed by atoms with Crippen molar-refractivity contribution in [2.45, 2.75) is 25.4 Å². The van der Waals surface area contributed by atoms with Crippen LogP contribution in [-0.4, -0.2) is 11.9 Å². The van der Waals surface area contributed by atoms with Gasteiger partial charge in [0.15, 0.2) is 0 Å². The number of amides is 1. The molecule has 0 spiro atoms. The first-order valence-corrected chi connectivity index (χ1v) is 7.22. The lowest BCUT2D eigenvalue weighted by atomic mass is 10.0. The van der Waals surface area contributed by atoms with Gasteiger partial charge in [0.25, 0.3) is 0 Å². The minimum Gasteiger partial charge on any atom is -0.368 e. The van der Waals surface area contributed by atoms with Gasteiger partial charge >= 0.3 is 0 Å². The Morgan fingerprint density at radius 2 is 2.00 bits per heavy atom. The van der Waals surface area contributed by atoms with Crippen molar-refractivity contribution in [3.63, 3.8) is 0 Å². The molecule has 0 saturated heterocycles. The van der Waals surface area contributed by atoms with Gasteiger partial charge in [-0.15, -0.1) is 11.3 Å². The van der Waals surface area contributed by atoms with Crippen LogP contribution in [0.25, 0.3) is 0 Å². The average molecular weight is 274 g/mol. The average Bonchev–Trinajstić information content (AvgIpc) is 2.92. The van der Waals surface area contributed by atoms with Gasteiger partial charge in [0, 0.05) is 11.4 Å². The van der Waals surface area contributed by atoms with E-state index in [1.165, 1.54) is 10.4 Å². The van der Waals surface area contributed by atoms with Gasteiger partial charge in [-0.05, 0) is 29.9 Å². The standard InChI is InChI=1S/C15H18N2OS/c16-15(18)14(17-11-13-7-4-10-19-13)9-8-12-5-2-1-3-6-12/h1-7,10,14,17H,8-9,11H2,(H2,16,18). The lowest BCUT2D eigenvalue weighted by Crippen LogP contribution is -2.41. The molecule has 0 saturated carbocycles. The number of thiophene rings is 1. The molecular weight excluding hydrogens is 256 g/mol. The van der Waals surface area contributed by atoms with Crippen molar-refractivity contribution in [2.75, 3.05) is 0 Å². The Hall–Kier alpha value is -1.65. The van der Waals surface area contributed by atoms with Crippen LogP contribution in [0.4, 0.5) is 0 Å². The first-order valence-electron chi connectivity index (χ1n) is 6.34. The molecule has 0 fully saturated rings. The van der Waals surface area contributed by atoms with E-state index in [1.807, 2.05) is 35.7 Å². The molecule has 100 valence electrons. The summed E-state index contributed by atoms with van der Waals surface area (Å²) in [6, 6.07) is 13.9. The smallest absolute Gasteiger partial charge is 0.234 e. The van der Waals surface area contributed by atoms with Gasteiger partial charge < -0.3 is 11.1 Å². The molecule has 2 aromatic rings. The zero-order valence-electron chi connectivity index (χ0n) is 10.7. The number of nitrogens with one attached hydrogen (secondary N) is 1. The fraction of sp³-hybridized carbons (Fsp3) is 0.267. The highest BCUT2D eigenvalue weighted by Gasteiger charge is 2.14. The van der Waals surface area contributed by atoms with Crippen LogP contribution in [0.1, 0.15) is 16.9 Å². The number of carbonyl (C=O) groups excluding carboxylic acids is 1. The van der Waals surface area contributed by atoms with Crippen molar-refractivity contribution in [2.24, 2.45) is 5.73 Å². The normalized spacial score (nSPS) is 12.2. The number of hydrogen-bond acceptors (Lipinski definition) is 3. The lowest BCUT2D eigenvalue weighted by molar-refractivity contribution is -0.120. The molecule has 0 bridgehead atoms. The summed E-state index contributed by atoms with van der Waals surface area (Å²) >= 11 is 1.68. The first-order chi connectivity index (χ1) is 9.25. The fourth-order valence-corrected chi connectivity index (χ4v) is 2.59. The van der Waals surface area contributed by atoms with E-state index in [4.69, 9.17) is 5.73 Å². The molecule has 0 aliphatic heterocycles. The second kappa shape index (κ2) is 7.07. The van der Waals surface area contributed by atoms with Crippen molar-refractivity contribution >= 4 is 17.2 Å². The highest BCUT2D eigenvalue weighted by atomic mass is 32.1. The Labute approximate surface area is 117 Å². The Bertz CT molecular complexity index is 496. The van der Waals surface area contributed by atoms with E-state index in [1.54, 1.807) is 11.3 Å². The van der Waals surface area contributed by atoms with E-state index in [9.17, 15) is 4.79 Å². The molecule has 19 heavy (non-hydrogen) atoms. The first kappa shape index (κ1) is 13.8. The van der Waals surface area contributed by atoms with Gasteiger partial charge in [-0.3, -0.25) is 4.79 Å². The summed E-state index contributed by atoms with van der Waals surface area (Å²) in [5.74, 6) is -0.285. The van der Waals surface area contributed by atoms with E-state index >= 15 is 0 Å². The van der Waals surface area contributed by atoms with Gasteiger partial charge in [0.2, 0.25) is 5.91 Å². The van der Waals surface area contributed by atoms with Crippen molar-refractivity contribution in [3.8, 4) is 0 Å². The molecule has 0 radical (unpaired) electrons. The number of hydrogen-bond donors (Lipinski definition) is 2. The van der Waals surface area contributed by atoms with Gasteiger partial charge in [0.1, 0.15) is 0 Å². The number of carbonyl (C=O) groups is 1. The quantitative estimate of drug-likeness (QED) is 0.814. The van der Waals surface area contributed by atoms with Crippen LogP contribution < -0.4 is 11.1 Å². The van der Waals surface area contributed by atoms with Crippen molar-refractivity contribution in [3.05, 3.63) is 58.3 Å². The van der Waals surface area contributed by atoms with E-state index in [-0.39, 0.29) is 11.9 Å². The number of nitrogens with two attached hydrogens (primary N) is 1.